The molecular weight excluding hydrogens is 204 g/mol. The minimum Gasteiger partial charge on any atom is -0.396 e. The summed E-state index contributed by atoms with van der Waals surface area (Å²) in [7, 11) is 0. The number of fused-ring (bicyclic) bond motifs is 1. The predicted molar refractivity (Wildman–Crippen MR) is 61.7 cm³/mol. The van der Waals surface area contributed by atoms with Crippen molar-refractivity contribution >= 4 is 5.65 Å². The Labute approximate surface area is 93.2 Å². The van der Waals surface area contributed by atoms with E-state index in [0.29, 0.717) is 23.3 Å². The topological polar surface area (TPSA) is 54.6 Å². The van der Waals surface area contributed by atoms with Crippen LogP contribution >= 0.6 is 0 Å². The van der Waals surface area contributed by atoms with Crippen molar-refractivity contribution in [3.05, 3.63) is 45.5 Å². The maximum atomic E-state index is 12.1. The van der Waals surface area contributed by atoms with Gasteiger partial charge >= 0.3 is 0 Å². The van der Waals surface area contributed by atoms with E-state index in [-0.39, 0.29) is 12.2 Å². The number of nitrogens with zero attached hydrogens (tertiary/aromatic N) is 2. The van der Waals surface area contributed by atoms with Gasteiger partial charge in [-0.1, -0.05) is 6.07 Å². The molecule has 2 aromatic heterocycles. The minimum absolute atomic E-state index is 0.0321. The molecule has 0 saturated carbocycles. The maximum Gasteiger partial charge on any atom is 0.261 e. The van der Waals surface area contributed by atoms with Gasteiger partial charge < -0.3 is 5.11 Å². The summed E-state index contributed by atoms with van der Waals surface area (Å²) in [6, 6.07) is 3.75. The van der Waals surface area contributed by atoms with Crippen LogP contribution in [0, 0.1) is 13.8 Å². The zero-order chi connectivity index (χ0) is 11.7. The first-order valence-corrected chi connectivity index (χ1v) is 5.23. The second-order valence-corrected chi connectivity index (χ2v) is 3.89. The number of hydrogen-bond donors (Lipinski definition) is 1. The average Bonchev–Trinajstić information content (AvgIpc) is 2.26. The van der Waals surface area contributed by atoms with Crippen molar-refractivity contribution < 1.29 is 5.11 Å². The highest BCUT2D eigenvalue weighted by molar-refractivity contribution is 5.41. The Kier molecular flexibility index (Phi) is 2.75. The Morgan fingerprint density at radius 1 is 1.38 bits per heavy atom. The third kappa shape index (κ3) is 1.72. The lowest BCUT2D eigenvalue weighted by Gasteiger charge is -2.07. The maximum absolute atomic E-state index is 12.1. The molecule has 2 aromatic rings. The van der Waals surface area contributed by atoms with Crippen molar-refractivity contribution in [2.45, 2.75) is 20.3 Å². The largest absolute Gasteiger partial charge is 0.396 e. The predicted octanol–water partition coefficient (Wildman–Crippen LogP) is 0.846. The van der Waals surface area contributed by atoms with Crippen LogP contribution < -0.4 is 5.56 Å². The third-order valence-electron chi connectivity index (χ3n) is 2.63. The number of aryl methyl sites for hydroxylation is 2. The van der Waals surface area contributed by atoms with Gasteiger partial charge in [0.2, 0.25) is 0 Å². The molecule has 2 rings (SSSR count). The van der Waals surface area contributed by atoms with Crippen molar-refractivity contribution in [1.82, 2.24) is 9.38 Å². The van der Waals surface area contributed by atoms with Crippen LogP contribution in [-0.4, -0.2) is 21.1 Å². The summed E-state index contributed by atoms with van der Waals surface area (Å²) in [5.74, 6) is 0. The normalized spacial score (nSPS) is 10.9. The summed E-state index contributed by atoms with van der Waals surface area (Å²) in [5.41, 5.74) is 2.86. The van der Waals surface area contributed by atoms with Crippen LogP contribution in [0.25, 0.3) is 5.65 Å². The molecule has 0 atom stereocenters. The Bertz CT molecular complexity index is 587. The van der Waals surface area contributed by atoms with Gasteiger partial charge in [-0.2, -0.15) is 0 Å². The van der Waals surface area contributed by atoms with Crippen molar-refractivity contribution in [2.24, 2.45) is 0 Å². The van der Waals surface area contributed by atoms with E-state index in [0.717, 1.165) is 5.56 Å². The monoisotopic (exact) mass is 218 g/mol. The van der Waals surface area contributed by atoms with E-state index < -0.39 is 0 Å². The van der Waals surface area contributed by atoms with E-state index in [1.165, 1.54) is 4.40 Å². The molecule has 1 N–H and O–H groups in total. The number of pyridine rings is 1. The van der Waals surface area contributed by atoms with Crippen LogP contribution in [-0.2, 0) is 6.42 Å². The first-order valence-electron chi connectivity index (χ1n) is 5.23. The summed E-state index contributed by atoms with van der Waals surface area (Å²) >= 11 is 0. The minimum atomic E-state index is -0.0831. The number of rotatable bonds is 2. The van der Waals surface area contributed by atoms with Gasteiger partial charge in [-0.25, -0.2) is 4.98 Å². The molecule has 0 aliphatic carbocycles. The second-order valence-electron chi connectivity index (χ2n) is 3.89. The standard InChI is InChI=1S/C12H14N2O2/c1-8-3-4-11-13-9(2)10(5-6-15)12(16)14(11)7-8/h3-4,7,15H,5-6H2,1-2H3. The van der Waals surface area contributed by atoms with Crippen molar-refractivity contribution in [2.75, 3.05) is 6.61 Å². The molecule has 0 unspecified atom stereocenters. The van der Waals surface area contributed by atoms with Gasteiger partial charge in [0.15, 0.2) is 0 Å². The molecule has 0 aliphatic heterocycles. The molecule has 84 valence electrons. The van der Waals surface area contributed by atoms with Crippen LogP contribution in [0.4, 0.5) is 0 Å². The average molecular weight is 218 g/mol. The number of aliphatic hydroxyl groups excluding tert-OH is 1. The lowest BCUT2D eigenvalue weighted by atomic mass is 10.2. The summed E-state index contributed by atoms with van der Waals surface area (Å²) < 4.78 is 1.54. The molecule has 0 spiro atoms. The fourth-order valence-electron chi connectivity index (χ4n) is 1.79. The molecule has 0 fully saturated rings. The van der Waals surface area contributed by atoms with E-state index in [2.05, 4.69) is 4.98 Å². The summed E-state index contributed by atoms with van der Waals surface area (Å²) in [5, 5.41) is 8.92. The summed E-state index contributed by atoms with van der Waals surface area (Å²) in [4.78, 5) is 16.5. The lowest BCUT2D eigenvalue weighted by molar-refractivity contribution is 0.298. The van der Waals surface area contributed by atoms with Crippen LogP contribution in [0.3, 0.4) is 0 Å². The van der Waals surface area contributed by atoms with E-state index in [9.17, 15) is 4.79 Å². The molecule has 0 aliphatic rings. The van der Waals surface area contributed by atoms with Crippen LogP contribution in [0.1, 0.15) is 16.8 Å². The fraction of sp³-hybridized carbons (Fsp3) is 0.333. The molecule has 0 aromatic carbocycles. The van der Waals surface area contributed by atoms with Crippen molar-refractivity contribution in [3.8, 4) is 0 Å². The highest BCUT2D eigenvalue weighted by atomic mass is 16.3. The summed E-state index contributed by atoms with van der Waals surface area (Å²) in [6.45, 7) is 3.69. The van der Waals surface area contributed by atoms with Gasteiger partial charge in [0, 0.05) is 30.5 Å². The van der Waals surface area contributed by atoms with Crippen LogP contribution in [0.5, 0.6) is 0 Å². The summed E-state index contributed by atoms with van der Waals surface area (Å²) in [6.07, 6.45) is 2.12. The van der Waals surface area contributed by atoms with Crippen molar-refractivity contribution in [1.29, 1.82) is 0 Å². The number of aliphatic hydroxyl groups is 1. The Morgan fingerprint density at radius 3 is 2.81 bits per heavy atom. The molecule has 4 nitrogen and oxygen atoms in total. The van der Waals surface area contributed by atoms with Crippen LogP contribution in [0.15, 0.2) is 23.1 Å². The van der Waals surface area contributed by atoms with E-state index >= 15 is 0 Å². The SMILES string of the molecule is Cc1ccc2nc(C)c(CCO)c(=O)n2c1. The lowest BCUT2D eigenvalue weighted by Crippen LogP contribution is -2.22. The molecule has 2 heterocycles. The zero-order valence-electron chi connectivity index (χ0n) is 9.40. The highest BCUT2D eigenvalue weighted by Gasteiger charge is 2.08. The molecule has 0 saturated heterocycles. The Hall–Kier alpha value is -1.68. The molecule has 0 amide bonds. The van der Waals surface area contributed by atoms with E-state index in [4.69, 9.17) is 5.11 Å². The molecular formula is C12H14N2O2. The molecule has 16 heavy (non-hydrogen) atoms. The first kappa shape index (κ1) is 10.8. The van der Waals surface area contributed by atoms with E-state index in [1.54, 1.807) is 13.1 Å². The van der Waals surface area contributed by atoms with Gasteiger partial charge in [0.05, 0.1) is 0 Å². The second kappa shape index (κ2) is 4.06. The van der Waals surface area contributed by atoms with Gasteiger partial charge in [-0.05, 0) is 25.5 Å². The quantitative estimate of drug-likeness (QED) is 0.813. The molecule has 0 radical (unpaired) electrons. The van der Waals surface area contributed by atoms with Crippen molar-refractivity contribution in [3.63, 3.8) is 0 Å². The molecule has 4 heteroatoms. The van der Waals surface area contributed by atoms with Gasteiger partial charge in [-0.3, -0.25) is 9.20 Å². The number of aromatic nitrogens is 2. The van der Waals surface area contributed by atoms with Crippen LogP contribution in [0.2, 0.25) is 0 Å². The van der Waals surface area contributed by atoms with Gasteiger partial charge in [-0.15, -0.1) is 0 Å². The van der Waals surface area contributed by atoms with E-state index in [1.807, 2.05) is 19.1 Å². The Morgan fingerprint density at radius 2 is 2.12 bits per heavy atom. The smallest absolute Gasteiger partial charge is 0.261 e. The first-order chi connectivity index (χ1) is 7.63. The fourth-order valence-corrected chi connectivity index (χ4v) is 1.79. The highest BCUT2D eigenvalue weighted by Crippen LogP contribution is 2.05. The number of hydrogen-bond acceptors (Lipinski definition) is 3. The molecule has 0 bridgehead atoms. The zero-order valence-corrected chi connectivity index (χ0v) is 9.40. The van der Waals surface area contributed by atoms with Gasteiger partial charge in [0.25, 0.3) is 5.56 Å². The van der Waals surface area contributed by atoms with Gasteiger partial charge in [0.1, 0.15) is 5.65 Å². The Balaban J connectivity index is 2.80. The third-order valence-corrected chi connectivity index (χ3v) is 2.63.